The Morgan fingerprint density at radius 3 is 2.74 bits per heavy atom. The first kappa shape index (κ1) is 15.3. The Morgan fingerprint density at radius 1 is 1.26 bits per heavy atom. The summed E-state index contributed by atoms with van der Waals surface area (Å²) in [5, 5.41) is 8.09. The number of rotatable bonds is 4. The molecule has 0 spiro atoms. The zero-order valence-corrected chi connectivity index (χ0v) is 13.4. The summed E-state index contributed by atoms with van der Waals surface area (Å²) in [6.45, 7) is 5.03. The second-order valence-electron chi connectivity index (χ2n) is 5.70. The highest BCUT2D eigenvalue weighted by atomic mass is 19.1. The Kier molecular flexibility index (Phi) is 3.90. The summed E-state index contributed by atoms with van der Waals surface area (Å²) in [6, 6.07) is 8.28. The van der Waals surface area contributed by atoms with Crippen LogP contribution in [0.15, 0.2) is 30.3 Å². The number of hydrogen-bond acceptors (Lipinski definition) is 2. The molecule has 3 aromatic rings. The number of amides is 1. The average molecular weight is 314 g/mol. The molecule has 1 aromatic carbocycles. The molecule has 120 valence electrons. The first-order valence-electron chi connectivity index (χ1n) is 7.50. The second-order valence-corrected chi connectivity index (χ2v) is 5.70. The Morgan fingerprint density at radius 2 is 2.04 bits per heavy atom. The fourth-order valence-corrected chi connectivity index (χ4v) is 2.79. The molecule has 6 heteroatoms. The van der Waals surface area contributed by atoms with E-state index in [2.05, 4.69) is 10.4 Å². The van der Waals surface area contributed by atoms with Crippen molar-refractivity contribution in [1.29, 1.82) is 0 Å². The number of nitrogens with one attached hydrogen (secondary N) is 1. The lowest BCUT2D eigenvalue weighted by atomic mass is 10.2. The molecule has 0 aliphatic heterocycles. The van der Waals surface area contributed by atoms with Crippen molar-refractivity contribution >= 4 is 16.8 Å². The highest BCUT2D eigenvalue weighted by Gasteiger charge is 2.13. The molecule has 3 rings (SSSR count). The van der Waals surface area contributed by atoms with E-state index < -0.39 is 0 Å². The van der Waals surface area contributed by atoms with Crippen molar-refractivity contribution in [2.45, 2.75) is 20.4 Å². The minimum Gasteiger partial charge on any atom is -0.349 e. The van der Waals surface area contributed by atoms with E-state index in [1.54, 1.807) is 23.7 Å². The van der Waals surface area contributed by atoms with Gasteiger partial charge in [-0.3, -0.25) is 9.48 Å². The van der Waals surface area contributed by atoms with Gasteiger partial charge in [0.05, 0.1) is 17.8 Å². The smallest absolute Gasteiger partial charge is 0.267 e. The summed E-state index contributed by atoms with van der Waals surface area (Å²) >= 11 is 0. The molecule has 0 aliphatic rings. The van der Waals surface area contributed by atoms with Crippen molar-refractivity contribution in [3.63, 3.8) is 0 Å². The molecule has 0 bridgehead atoms. The monoisotopic (exact) mass is 314 g/mol. The van der Waals surface area contributed by atoms with Crippen LogP contribution in [-0.4, -0.2) is 26.8 Å². The summed E-state index contributed by atoms with van der Waals surface area (Å²) < 4.78 is 16.9. The average Bonchev–Trinajstić information content (AvgIpc) is 2.99. The molecule has 0 unspecified atom stereocenters. The zero-order valence-electron chi connectivity index (χ0n) is 13.4. The van der Waals surface area contributed by atoms with Crippen LogP contribution in [0.2, 0.25) is 0 Å². The molecule has 2 aromatic heterocycles. The number of benzene rings is 1. The predicted octanol–water partition coefficient (Wildman–Crippen LogP) is 2.56. The van der Waals surface area contributed by atoms with Crippen LogP contribution >= 0.6 is 0 Å². The number of carbonyl (C=O) groups excluding carboxylic acids is 1. The van der Waals surface area contributed by atoms with Gasteiger partial charge in [0.2, 0.25) is 0 Å². The third kappa shape index (κ3) is 2.97. The summed E-state index contributed by atoms with van der Waals surface area (Å²) in [5.74, 6) is -0.485. The van der Waals surface area contributed by atoms with Crippen LogP contribution in [-0.2, 0) is 13.6 Å². The number of hydrogen-bond donors (Lipinski definition) is 1. The molecule has 0 fully saturated rings. The highest BCUT2D eigenvalue weighted by molar-refractivity contribution is 5.98. The number of halogens is 1. The van der Waals surface area contributed by atoms with E-state index in [9.17, 15) is 9.18 Å². The molecule has 1 N–H and O–H groups in total. The van der Waals surface area contributed by atoms with E-state index in [0.717, 1.165) is 16.8 Å². The molecule has 0 aliphatic carbocycles. The molecule has 1 amide bonds. The Balaban J connectivity index is 1.71. The molecule has 2 heterocycles. The van der Waals surface area contributed by atoms with E-state index in [4.69, 9.17) is 0 Å². The fourth-order valence-electron chi connectivity index (χ4n) is 2.79. The van der Waals surface area contributed by atoms with E-state index in [1.807, 2.05) is 24.6 Å². The molecule has 0 atom stereocenters. The third-order valence-electron chi connectivity index (χ3n) is 3.95. The van der Waals surface area contributed by atoms with Gasteiger partial charge in [-0.2, -0.15) is 5.10 Å². The van der Waals surface area contributed by atoms with E-state index >= 15 is 0 Å². The van der Waals surface area contributed by atoms with Gasteiger partial charge in [-0.25, -0.2) is 4.39 Å². The minimum atomic E-state index is -0.310. The van der Waals surface area contributed by atoms with Crippen LogP contribution < -0.4 is 5.32 Å². The maximum absolute atomic E-state index is 13.3. The van der Waals surface area contributed by atoms with Crippen molar-refractivity contribution in [2.24, 2.45) is 7.05 Å². The molecular formula is C17H19FN4O. The van der Waals surface area contributed by atoms with Gasteiger partial charge in [-0.1, -0.05) is 0 Å². The number of aryl methyl sites for hydroxylation is 3. The molecule has 0 radical (unpaired) electrons. The third-order valence-corrected chi connectivity index (χ3v) is 3.95. The van der Waals surface area contributed by atoms with Gasteiger partial charge in [0, 0.05) is 24.7 Å². The van der Waals surface area contributed by atoms with Crippen LogP contribution in [0.25, 0.3) is 10.9 Å². The predicted molar refractivity (Wildman–Crippen MR) is 86.9 cm³/mol. The normalized spacial score (nSPS) is 11.1. The summed E-state index contributed by atoms with van der Waals surface area (Å²) in [4.78, 5) is 12.3. The molecular weight excluding hydrogens is 295 g/mol. The molecule has 0 saturated heterocycles. The maximum atomic E-state index is 13.3. The SMILES string of the molecule is Cc1cc(C)n(CCNC(=O)c2cc3ccc(F)cc3n2C)n1. The van der Waals surface area contributed by atoms with Crippen LogP contribution in [0.4, 0.5) is 4.39 Å². The number of fused-ring (bicyclic) bond motifs is 1. The summed E-state index contributed by atoms with van der Waals surface area (Å²) in [6.07, 6.45) is 0. The highest BCUT2D eigenvalue weighted by Crippen LogP contribution is 2.19. The second kappa shape index (κ2) is 5.87. The van der Waals surface area contributed by atoms with Crippen LogP contribution in [0.3, 0.4) is 0 Å². The van der Waals surface area contributed by atoms with Gasteiger partial charge < -0.3 is 9.88 Å². The van der Waals surface area contributed by atoms with Crippen LogP contribution in [0.5, 0.6) is 0 Å². The summed E-state index contributed by atoms with van der Waals surface area (Å²) in [7, 11) is 1.76. The lowest BCUT2D eigenvalue weighted by Gasteiger charge is -2.08. The van der Waals surface area contributed by atoms with E-state index in [-0.39, 0.29) is 11.7 Å². The van der Waals surface area contributed by atoms with Crippen molar-refractivity contribution in [3.8, 4) is 0 Å². The van der Waals surface area contributed by atoms with Gasteiger partial charge in [0.25, 0.3) is 5.91 Å². The number of aromatic nitrogens is 3. The topological polar surface area (TPSA) is 51.9 Å². The summed E-state index contributed by atoms with van der Waals surface area (Å²) in [5.41, 5.74) is 3.24. The fraction of sp³-hybridized carbons (Fsp3) is 0.294. The lowest BCUT2D eigenvalue weighted by molar-refractivity contribution is 0.0944. The van der Waals surface area contributed by atoms with Crippen LogP contribution in [0, 0.1) is 19.7 Å². The molecule has 0 saturated carbocycles. The number of nitrogens with zero attached hydrogens (tertiary/aromatic N) is 3. The largest absolute Gasteiger partial charge is 0.349 e. The van der Waals surface area contributed by atoms with Crippen molar-refractivity contribution in [2.75, 3.05) is 6.54 Å². The Labute approximate surface area is 133 Å². The zero-order chi connectivity index (χ0) is 16.6. The molecule has 23 heavy (non-hydrogen) atoms. The Bertz CT molecular complexity index is 878. The number of carbonyl (C=O) groups is 1. The molecule has 5 nitrogen and oxygen atoms in total. The first-order valence-corrected chi connectivity index (χ1v) is 7.50. The van der Waals surface area contributed by atoms with Gasteiger partial charge in [0.15, 0.2) is 0 Å². The van der Waals surface area contributed by atoms with E-state index in [1.165, 1.54) is 12.1 Å². The lowest BCUT2D eigenvalue weighted by Crippen LogP contribution is -2.29. The first-order chi connectivity index (χ1) is 11.0. The minimum absolute atomic E-state index is 0.175. The van der Waals surface area contributed by atoms with Crippen molar-refractivity contribution < 1.29 is 9.18 Å². The standard InChI is InChI=1S/C17H19FN4O/c1-11-8-12(2)22(20-11)7-6-19-17(23)16-9-13-4-5-14(18)10-15(13)21(16)3/h4-5,8-10H,6-7H2,1-3H3,(H,19,23). The quantitative estimate of drug-likeness (QED) is 0.804. The van der Waals surface area contributed by atoms with Crippen molar-refractivity contribution in [1.82, 2.24) is 19.7 Å². The van der Waals surface area contributed by atoms with Gasteiger partial charge in [0.1, 0.15) is 11.5 Å². The maximum Gasteiger partial charge on any atom is 0.267 e. The van der Waals surface area contributed by atoms with E-state index in [0.29, 0.717) is 24.3 Å². The van der Waals surface area contributed by atoms with Gasteiger partial charge in [-0.05, 0) is 44.2 Å². The van der Waals surface area contributed by atoms with Gasteiger partial charge >= 0.3 is 0 Å². The Hall–Kier alpha value is -2.63. The van der Waals surface area contributed by atoms with Crippen molar-refractivity contribution in [3.05, 3.63) is 53.2 Å². The van der Waals surface area contributed by atoms with Gasteiger partial charge in [-0.15, -0.1) is 0 Å². The van der Waals surface area contributed by atoms with Crippen LogP contribution in [0.1, 0.15) is 21.9 Å².